The number of aromatic nitrogens is 4. The highest BCUT2D eigenvalue weighted by molar-refractivity contribution is 5.83. The van der Waals surface area contributed by atoms with Crippen LogP contribution in [0.2, 0.25) is 0 Å². The van der Waals surface area contributed by atoms with Crippen LogP contribution in [0.3, 0.4) is 0 Å². The van der Waals surface area contributed by atoms with Crippen molar-refractivity contribution in [2.45, 2.75) is 43.5 Å². The molecule has 0 spiro atoms. The summed E-state index contributed by atoms with van der Waals surface area (Å²) in [7, 11) is 5.40. The Kier molecular flexibility index (Phi) is 6.24. The Hall–Kier alpha value is -3.24. The molecule has 3 aromatic rings. The molecule has 2 aromatic heterocycles. The lowest BCUT2D eigenvalue weighted by molar-refractivity contribution is -0.123. The molecule has 10 heteroatoms. The van der Waals surface area contributed by atoms with Crippen molar-refractivity contribution in [1.82, 2.24) is 24.8 Å². The molecule has 32 heavy (non-hydrogen) atoms. The van der Waals surface area contributed by atoms with Crippen molar-refractivity contribution in [3.63, 3.8) is 0 Å². The second-order valence-corrected chi connectivity index (χ2v) is 8.32. The van der Waals surface area contributed by atoms with Crippen LogP contribution in [0.5, 0.6) is 5.75 Å². The minimum atomic E-state index is -0.776. The zero-order valence-corrected chi connectivity index (χ0v) is 18.5. The predicted octanol–water partition coefficient (Wildman–Crippen LogP) is 0.652. The number of fused-ring (bicyclic) bond motifs is 1. The van der Waals surface area contributed by atoms with E-state index in [1.54, 1.807) is 13.4 Å². The van der Waals surface area contributed by atoms with Crippen LogP contribution < -0.4 is 20.7 Å². The van der Waals surface area contributed by atoms with Crippen LogP contribution in [0.15, 0.2) is 36.9 Å². The molecule has 1 saturated carbocycles. The lowest BCUT2D eigenvalue weighted by Crippen LogP contribution is -2.49. The molecule has 0 radical (unpaired) electrons. The minimum absolute atomic E-state index is 0.243. The average molecular weight is 440 g/mol. The number of aliphatic hydroxyl groups is 1. The van der Waals surface area contributed by atoms with Gasteiger partial charge in [0.1, 0.15) is 12.1 Å². The number of hydrogen-bond donors (Lipinski definition) is 3. The van der Waals surface area contributed by atoms with Crippen LogP contribution in [0.25, 0.3) is 11.2 Å². The number of carbonyl (C=O) groups excluding carboxylic acids is 1. The molecule has 0 saturated heterocycles. The summed E-state index contributed by atoms with van der Waals surface area (Å²) in [6, 6.07) is 6.12. The number of aliphatic hydroxyl groups excluding tert-OH is 1. The number of nitrogens with zero attached hydrogens (tertiary/aromatic N) is 5. The number of nitrogens with one attached hydrogen (secondary N) is 1. The SMILES string of the molecule is COc1ccc(C[C@H](N)C(=O)N[C@@H]2CC[C@@H](n3cnc4c(N(C)C)ncnc43)[C@@H]2O)cc1. The van der Waals surface area contributed by atoms with E-state index in [1.807, 2.05) is 47.8 Å². The van der Waals surface area contributed by atoms with Crippen molar-refractivity contribution in [3.8, 4) is 5.75 Å². The number of hydrogen-bond acceptors (Lipinski definition) is 8. The van der Waals surface area contributed by atoms with Crippen molar-refractivity contribution in [3.05, 3.63) is 42.5 Å². The highest BCUT2D eigenvalue weighted by atomic mass is 16.5. The summed E-state index contributed by atoms with van der Waals surface area (Å²) >= 11 is 0. The van der Waals surface area contributed by atoms with E-state index in [4.69, 9.17) is 10.5 Å². The molecule has 4 atom stereocenters. The van der Waals surface area contributed by atoms with Gasteiger partial charge in [0.15, 0.2) is 17.0 Å². The normalized spacial score (nSPS) is 21.5. The predicted molar refractivity (Wildman–Crippen MR) is 121 cm³/mol. The molecule has 1 aliphatic carbocycles. The zero-order valence-electron chi connectivity index (χ0n) is 18.5. The van der Waals surface area contributed by atoms with Crippen molar-refractivity contribution >= 4 is 22.9 Å². The summed E-state index contributed by atoms with van der Waals surface area (Å²) in [5.74, 6) is 1.19. The Morgan fingerprint density at radius 1 is 1.28 bits per heavy atom. The van der Waals surface area contributed by atoms with E-state index in [2.05, 4.69) is 20.3 Å². The number of methoxy groups -OCH3 is 1. The number of anilines is 1. The topological polar surface area (TPSA) is 131 Å². The van der Waals surface area contributed by atoms with Crippen molar-refractivity contribution in [1.29, 1.82) is 0 Å². The first-order chi connectivity index (χ1) is 15.4. The third-order valence-electron chi connectivity index (χ3n) is 5.98. The number of imidazole rings is 1. The van der Waals surface area contributed by atoms with Crippen LogP contribution in [-0.2, 0) is 11.2 Å². The van der Waals surface area contributed by atoms with E-state index in [-0.39, 0.29) is 18.0 Å². The van der Waals surface area contributed by atoms with E-state index in [0.29, 0.717) is 30.4 Å². The third kappa shape index (κ3) is 4.23. The number of carbonyl (C=O) groups is 1. The molecule has 0 bridgehead atoms. The van der Waals surface area contributed by atoms with Gasteiger partial charge in [-0.15, -0.1) is 0 Å². The molecule has 170 valence electrons. The molecule has 1 amide bonds. The van der Waals surface area contributed by atoms with Crippen molar-refractivity contribution in [2.75, 3.05) is 26.1 Å². The van der Waals surface area contributed by atoms with E-state index in [1.165, 1.54) is 6.33 Å². The van der Waals surface area contributed by atoms with Gasteiger partial charge in [-0.1, -0.05) is 12.1 Å². The summed E-state index contributed by atoms with van der Waals surface area (Å²) in [6.07, 6.45) is 4.12. The van der Waals surface area contributed by atoms with E-state index >= 15 is 0 Å². The maximum Gasteiger partial charge on any atom is 0.237 e. The van der Waals surface area contributed by atoms with Crippen LogP contribution in [0.1, 0.15) is 24.4 Å². The molecule has 10 nitrogen and oxygen atoms in total. The molecule has 1 aliphatic rings. The van der Waals surface area contributed by atoms with Gasteiger partial charge in [0.05, 0.1) is 37.7 Å². The molecular formula is C22H29N7O3. The first-order valence-corrected chi connectivity index (χ1v) is 10.6. The van der Waals surface area contributed by atoms with Crippen LogP contribution in [-0.4, -0.2) is 69.9 Å². The van der Waals surface area contributed by atoms with Crippen LogP contribution >= 0.6 is 0 Å². The lowest BCUT2D eigenvalue weighted by atomic mass is 10.0. The van der Waals surface area contributed by atoms with Crippen molar-refractivity contribution < 1.29 is 14.6 Å². The minimum Gasteiger partial charge on any atom is -0.497 e. The Labute approximate surface area is 186 Å². The molecule has 1 fully saturated rings. The number of nitrogens with two attached hydrogens (primary N) is 1. The molecular weight excluding hydrogens is 410 g/mol. The number of ether oxygens (including phenoxy) is 1. The fourth-order valence-electron chi connectivity index (χ4n) is 4.23. The summed E-state index contributed by atoms with van der Waals surface area (Å²) in [5, 5.41) is 13.9. The number of benzene rings is 1. The van der Waals surface area contributed by atoms with Crippen molar-refractivity contribution in [2.24, 2.45) is 5.73 Å². The van der Waals surface area contributed by atoms with E-state index < -0.39 is 12.1 Å². The Balaban J connectivity index is 1.42. The van der Waals surface area contributed by atoms with Gasteiger partial charge in [-0.2, -0.15) is 0 Å². The number of amides is 1. The van der Waals surface area contributed by atoms with Crippen LogP contribution in [0.4, 0.5) is 5.82 Å². The summed E-state index contributed by atoms with van der Waals surface area (Å²) < 4.78 is 7.03. The average Bonchev–Trinajstić information content (AvgIpc) is 3.37. The Bertz CT molecular complexity index is 1080. The Morgan fingerprint density at radius 2 is 2.03 bits per heavy atom. The zero-order chi connectivity index (χ0) is 22.8. The maximum atomic E-state index is 12.7. The van der Waals surface area contributed by atoms with Gasteiger partial charge in [-0.25, -0.2) is 15.0 Å². The van der Waals surface area contributed by atoms with E-state index in [0.717, 1.165) is 17.1 Å². The summed E-state index contributed by atoms with van der Waals surface area (Å²) in [4.78, 5) is 27.7. The quantitative estimate of drug-likeness (QED) is 0.489. The van der Waals surface area contributed by atoms with E-state index in [9.17, 15) is 9.90 Å². The lowest BCUT2D eigenvalue weighted by Gasteiger charge is -2.23. The fraction of sp³-hybridized carbons (Fsp3) is 0.455. The second kappa shape index (κ2) is 9.09. The third-order valence-corrected chi connectivity index (χ3v) is 5.98. The highest BCUT2D eigenvalue weighted by Crippen LogP contribution is 2.33. The number of rotatable bonds is 7. The van der Waals surface area contributed by atoms with Gasteiger partial charge in [0.2, 0.25) is 5.91 Å². The largest absolute Gasteiger partial charge is 0.497 e. The monoisotopic (exact) mass is 439 g/mol. The first-order valence-electron chi connectivity index (χ1n) is 10.6. The molecule has 2 heterocycles. The van der Waals surface area contributed by atoms with Gasteiger partial charge in [-0.05, 0) is 37.0 Å². The van der Waals surface area contributed by atoms with Crippen LogP contribution in [0, 0.1) is 0 Å². The smallest absolute Gasteiger partial charge is 0.237 e. The van der Waals surface area contributed by atoms with Gasteiger partial charge >= 0.3 is 0 Å². The van der Waals surface area contributed by atoms with Gasteiger partial charge < -0.3 is 30.4 Å². The molecule has 1 aromatic carbocycles. The fourth-order valence-corrected chi connectivity index (χ4v) is 4.23. The standard InChI is InChI=1S/C22H29N7O3/c1-28(2)20-18-21(25-11-24-20)29(12-26-18)17-9-8-16(19(17)30)27-22(31)15(23)10-13-4-6-14(32-3)7-5-13/h4-7,11-12,15-17,19,30H,8-10,23H2,1-3H3,(H,27,31)/t15-,16+,17+,19+/m0/s1. The second-order valence-electron chi connectivity index (χ2n) is 8.32. The molecule has 4 rings (SSSR count). The highest BCUT2D eigenvalue weighted by Gasteiger charge is 2.38. The van der Waals surface area contributed by atoms with Gasteiger partial charge in [0.25, 0.3) is 0 Å². The molecule has 4 N–H and O–H groups in total. The Morgan fingerprint density at radius 3 is 2.72 bits per heavy atom. The van der Waals surface area contributed by atoms with Gasteiger partial charge in [0, 0.05) is 14.1 Å². The summed E-state index contributed by atoms with van der Waals surface area (Å²) in [6.45, 7) is 0. The molecule has 0 unspecified atom stereocenters. The molecule has 0 aliphatic heterocycles. The summed E-state index contributed by atoms with van der Waals surface area (Å²) in [5.41, 5.74) is 8.42. The maximum absolute atomic E-state index is 12.7. The first kappa shape index (κ1) is 22.0. The van der Waals surface area contributed by atoms with Gasteiger partial charge in [-0.3, -0.25) is 4.79 Å².